The highest BCUT2D eigenvalue weighted by Crippen LogP contribution is 2.27. The second-order valence-corrected chi connectivity index (χ2v) is 8.51. The molecule has 1 heterocycles. The average molecular weight is 372 g/mol. The smallest absolute Gasteiger partial charge is 0.407 e. The van der Waals surface area contributed by atoms with Crippen molar-refractivity contribution in [3.8, 4) is 0 Å². The highest BCUT2D eigenvalue weighted by molar-refractivity contribution is 6.21. The van der Waals surface area contributed by atoms with Crippen LogP contribution in [0, 0.1) is 5.41 Å². The Hall–Kier alpha value is -2.63. The van der Waals surface area contributed by atoms with Crippen molar-refractivity contribution in [2.24, 2.45) is 5.41 Å². The lowest BCUT2D eigenvalue weighted by atomic mass is 9.86. The molecule has 0 fully saturated rings. The van der Waals surface area contributed by atoms with Crippen LogP contribution in [0.4, 0.5) is 4.79 Å². The molecule has 1 atom stereocenters. The summed E-state index contributed by atoms with van der Waals surface area (Å²) in [5.74, 6) is -0.689. The van der Waals surface area contributed by atoms with Gasteiger partial charge in [0.15, 0.2) is 0 Å². The molecule has 6 heteroatoms. The zero-order valence-electron chi connectivity index (χ0n) is 16.7. The van der Waals surface area contributed by atoms with Gasteiger partial charge in [-0.15, -0.1) is 6.58 Å². The number of fused-ring (bicyclic) bond motifs is 1. The summed E-state index contributed by atoms with van der Waals surface area (Å²) >= 11 is 0. The van der Waals surface area contributed by atoms with E-state index in [1.807, 2.05) is 13.8 Å². The van der Waals surface area contributed by atoms with Gasteiger partial charge >= 0.3 is 6.09 Å². The first-order valence-electron chi connectivity index (χ1n) is 9.02. The molecule has 1 aromatic rings. The standard InChI is InChI=1S/C21H28N2O4/c1-7-21(5,6)12-14(22-19(26)27-20(2,3)4)13-23-17(24)15-10-8-9-11-16(15)18(23)25/h7-11,14H,1,12-13H2,2-6H3,(H,22,26). The number of carbonyl (C=O) groups is 3. The summed E-state index contributed by atoms with van der Waals surface area (Å²) in [6.45, 7) is 13.2. The molecule has 0 spiro atoms. The fraction of sp³-hybridized carbons (Fsp3) is 0.476. The first-order valence-corrected chi connectivity index (χ1v) is 9.02. The van der Waals surface area contributed by atoms with Crippen LogP contribution in [0.2, 0.25) is 0 Å². The number of allylic oxidation sites excluding steroid dienone is 1. The fourth-order valence-electron chi connectivity index (χ4n) is 2.98. The van der Waals surface area contributed by atoms with Crippen molar-refractivity contribution in [1.29, 1.82) is 0 Å². The van der Waals surface area contributed by atoms with Crippen LogP contribution in [0.15, 0.2) is 36.9 Å². The molecule has 0 saturated heterocycles. The fourth-order valence-corrected chi connectivity index (χ4v) is 2.98. The van der Waals surface area contributed by atoms with E-state index >= 15 is 0 Å². The lowest BCUT2D eigenvalue weighted by molar-refractivity contribution is 0.0454. The number of carbonyl (C=O) groups excluding carboxylic acids is 3. The summed E-state index contributed by atoms with van der Waals surface area (Å²) in [6, 6.07) is 6.27. The Morgan fingerprint density at radius 1 is 1.15 bits per heavy atom. The van der Waals surface area contributed by atoms with Gasteiger partial charge in [-0.3, -0.25) is 14.5 Å². The van der Waals surface area contributed by atoms with E-state index in [1.54, 1.807) is 51.1 Å². The Morgan fingerprint density at radius 2 is 1.67 bits per heavy atom. The molecule has 2 rings (SSSR count). The van der Waals surface area contributed by atoms with Gasteiger partial charge in [0, 0.05) is 6.54 Å². The predicted octanol–water partition coefficient (Wildman–Crippen LogP) is 3.78. The van der Waals surface area contributed by atoms with E-state index in [-0.39, 0.29) is 23.8 Å². The lowest BCUT2D eigenvalue weighted by Gasteiger charge is -2.30. The second-order valence-electron chi connectivity index (χ2n) is 8.51. The van der Waals surface area contributed by atoms with Gasteiger partial charge in [-0.2, -0.15) is 0 Å². The van der Waals surface area contributed by atoms with Gasteiger partial charge < -0.3 is 10.1 Å². The molecule has 1 N–H and O–H groups in total. The number of rotatable bonds is 6. The van der Waals surface area contributed by atoms with Crippen LogP contribution in [0.25, 0.3) is 0 Å². The van der Waals surface area contributed by atoms with Crippen LogP contribution in [0.1, 0.15) is 61.8 Å². The summed E-state index contributed by atoms with van der Waals surface area (Å²) in [4.78, 5) is 38.7. The SMILES string of the molecule is C=CC(C)(C)CC(CN1C(=O)c2ccccc2C1=O)NC(=O)OC(C)(C)C. The highest BCUT2D eigenvalue weighted by Gasteiger charge is 2.37. The first-order chi connectivity index (χ1) is 12.4. The van der Waals surface area contributed by atoms with E-state index in [4.69, 9.17) is 4.74 Å². The van der Waals surface area contributed by atoms with Crippen molar-refractivity contribution in [2.45, 2.75) is 52.7 Å². The number of nitrogens with one attached hydrogen (secondary N) is 1. The van der Waals surface area contributed by atoms with E-state index in [1.165, 1.54) is 4.90 Å². The number of benzene rings is 1. The third-order valence-electron chi connectivity index (χ3n) is 4.33. The number of ether oxygens (including phenoxy) is 1. The third kappa shape index (κ3) is 5.18. The van der Waals surface area contributed by atoms with E-state index in [9.17, 15) is 14.4 Å². The highest BCUT2D eigenvalue weighted by atomic mass is 16.6. The Morgan fingerprint density at radius 3 is 2.11 bits per heavy atom. The normalized spacial score (nSPS) is 15.4. The molecule has 6 nitrogen and oxygen atoms in total. The van der Waals surface area contributed by atoms with Crippen LogP contribution in [-0.2, 0) is 4.74 Å². The van der Waals surface area contributed by atoms with Gasteiger partial charge in [0.1, 0.15) is 5.60 Å². The van der Waals surface area contributed by atoms with Crippen LogP contribution >= 0.6 is 0 Å². The number of nitrogens with zero attached hydrogens (tertiary/aromatic N) is 1. The molecule has 3 amide bonds. The summed E-state index contributed by atoms with van der Waals surface area (Å²) in [7, 11) is 0. The second kappa shape index (κ2) is 7.55. The zero-order chi connectivity index (χ0) is 20.4. The van der Waals surface area contributed by atoms with Crippen molar-refractivity contribution < 1.29 is 19.1 Å². The van der Waals surface area contributed by atoms with Crippen LogP contribution in [0.5, 0.6) is 0 Å². The van der Waals surface area contributed by atoms with Gasteiger partial charge in [-0.05, 0) is 44.7 Å². The Labute approximate surface area is 160 Å². The number of hydrogen-bond acceptors (Lipinski definition) is 4. The quantitative estimate of drug-likeness (QED) is 0.609. The Kier molecular flexibility index (Phi) is 5.78. The van der Waals surface area contributed by atoms with Crippen molar-refractivity contribution >= 4 is 17.9 Å². The largest absolute Gasteiger partial charge is 0.444 e. The van der Waals surface area contributed by atoms with E-state index < -0.39 is 17.7 Å². The van der Waals surface area contributed by atoms with Crippen molar-refractivity contribution in [1.82, 2.24) is 10.2 Å². The number of hydrogen-bond donors (Lipinski definition) is 1. The van der Waals surface area contributed by atoms with Gasteiger partial charge in [0.2, 0.25) is 0 Å². The molecule has 1 aliphatic heterocycles. The van der Waals surface area contributed by atoms with Crippen LogP contribution in [-0.4, -0.2) is 41.0 Å². The number of alkyl carbamates (subject to hydrolysis) is 1. The first kappa shape index (κ1) is 20.7. The Balaban J connectivity index is 2.19. The molecule has 0 bridgehead atoms. The third-order valence-corrected chi connectivity index (χ3v) is 4.33. The minimum Gasteiger partial charge on any atom is -0.444 e. The van der Waals surface area contributed by atoms with Gasteiger partial charge in [-0.1, -0.05) is 32.1 Å². The maximum absolute atomic E-state index is 12.6. The van der Waals surface area contributed by atoms with E-state index in [0.717, 1.165) is 0 Å². The summed E-state index contributed by atoms with van der Waals surface area (Å²) < 4.78 is 5.33. The molecule has 1 aromatic carbocycles. The number of amides is 3. The monoisotopic (exact) mass is 372 g/mol. The molecule has 0 aromatic heterocycles. The van der Waals surface area contributed by atoms with Gasteiger partial charge in [0.25, 0.3) is 11.8 Å². The summed E-state index contributed by atoms with van der Waals surface area (Å²) in [6.07, 6.45) is 1.71. The minimum absolute atomic E-state index is 0.0723. The van der Waals surface area contributed by atoms with E-state index in [2.05, 4.69) is 11.9 Å². The molecule has 1 aliphatic rings. The topological polar surface area (TPSA) is 75.7 Å². The Bertz CT molecular complexity index is 727. The molecule has 1 unspecified atom stereocenters. The lowest BCUT2D eigenvalue weighted by Crippen LogP contribution is -2.48. The molecular formula is C21H28N2O4. The predicted molar refractivity (Wildman–Crippen MR) is 104 cm³/mol. The van der Waals surface area contributed by atoms with Crippen LogP contribution in [0.3, 0.4) is 0 Å². The molecular weight excluding hydrogens is 344 g/mol. The zero-order valence-corrected chi connectivity index (χ0v) is 16.7. The molecule has 0 radical (unpaired) electrons. The molecule has 146 valence electrons. The maximum atomic E-state index is 12.6. The molecule has 27 heavy (non-hydrogen) atoms. The van der Waals surface area contributed by atoms with Crippen molar-refractivity contribution in [3.63, 3.8) is 0 Å². The van der Waals surface area contributed by atoms with Gasteiger partial charge in [-0.25, -0.2) is 4.79 Å². The van der Waals surface area contributed by atoms with Crippen LogP contribution < -0.4 is 5.32 Å². The maximum Gasteiger partial charge on any atom is 0.407 e. The van der Waals surface area contributed by atoms with Crippen molar-refractivity contribution in [3.05, 3.63) is 48.0 Å². The minimum atomic E-state index is -0.641. The summed E-state index contributed by atoms with van der Waals surface area (Å²) in [5.41, 5.74) is -0.154. The van der Waals surface area contributed by atoms with E-state index in [0.29, 0.717) is 17.5 Å². The van der Waals surface area contributed by atoms with Gasteiger partial charge in [0.05, 0.1) is 17.2 Å². The molecule has 0 aliphatic carbocycles. The van der Waals surface area contributed by atoms with Crippen molar-refractivity contribution in [2.75, 3.05) is 6.54 Å². The average Bonchev–Trinajstić information content (AvgIpc) is 2.78. The summed E-state index contributed by atoms with van der Waals surface area (Å²) in [5, 5.41) is 2.80. The number of imide groups is 1. The molecule has 0 saturated carbocycles.